The molecule has 3 nitrogen and oxygen atoms in total. The van der Waals surface area contributed by atoms with Gasteiger partial charge in [-0.15, -0.1) is 23.7 Å². The Hall–Kier alpha value is -0.741. The van der Waals surface area contributed by atoms with Crippen LogP contribution in [0.2, 0.25) is 0 Å². The number of aliphatic hydroxyl groups excluding tert-OH is 1. The summed E-state index contributed by atoms with van der Waals surface area (Å²) in [5.74, 6) is -1.42. The molecule has 0 aromatic heterocycles. The Bertz CT molecular complexity index is 682. The Morgan fingerprint density at radius 3 is 2.17 bits per heavy atom. The van der Waals surface area contributed by atoms with Gasteiger partial charge in [-0.3, -0.25) is 4.39 Å². The number of aryl methyl sites for hydroxylation is 1. The molecule has 0 amide bonds. The van der Waals surface area contributed by atoms with Crippen molar-refractivity contribution in [3.8, 4) is 0 Å². The minimum Gasteiger partial charge on any atom is -0.654 e. The number of rotatable bonds is 1. The van der Waals surface area contributed by atoms with Crippen molar-refractivity contribution in [2.45, 2.75) is 69.8 Å². The van der Waals surface area contributed by atoms with Gasteiger partial charge in [-0.1, -0.05) is 32.1 Å². The van der Waals surface area contributed by atoms with Gasteiger partial charge in [0.05, 0.1) is 5.92 Å². The van der Waals surface area contributed by atoms with Crippen molar-refractivity contribution in [1.82, 2.24) is 0 Å². The van der Waals surface area contributed by atoms with Gasteiger partial charge in [0.1, 0.15) is 0 Å². The number of alkyl halides is 6. The fourth-order valence-corrected chi connectivity index (χ4v) is 3.76. The molecule has 0 bridgehead atoms. The predicted octanol–water partition coefficient (Wildman–Crippen LogP) is 5.35. The molecule has 11 heteroatoms. The Kier molecular flexibility index (Phi) is 9.75. The molecular formula is C19H22F7IrNO2-2. The van der Waals surface area contributed by atoms with E-state index in [1.165, 1.54) is 6.07 Å². The molecule has 1 aromatic carbocycles. The van der Waals surface area contributed by atoms with Gasteiger partial charge in [-0.25, -0.2) is 0 Å². The Morgan fingerprint density at radius 2 is 1.67 bits per heavy atom. The van der Waals surface area contributed by atoms with Crippen molar-refractivity contribution in [2.75, 3.05) is 0 Å². The first-order valence-corrected chi connectivity index (χ1v) is 9.16. The SMILES string of the molecule is Cc1cc(C2CCC3CC(C(F)(F)F)CCC3[N-]2)[c-]cc1F.OC(O)C(F)(F)F.[Ir]. The molecule has 1 heterocycles. The molecular weight excluding hydrogens is 599 g/mol. The summed E-state index contributed by atoms with van der Waals surface area (Å²) in [6.45, 7) is 1.70. The summed E-state index contributed by atoms with van der Waals surface area (Å²) in [6.07, 6.45) is -9.80. The maximum Gasteiger partial charge on any atom is 0.439 e. The number of halogens is 7. The molecule has 1 aliphatic carbocycles. The van der Waals surface area contributed by atoms with Crippen LogP contribution >= 0.6 is 0 Å². The maximum atomic E-state index is 13.3. The van der Waals surface area contributed by atoms with E-state index in [0.717, 1.165) is 18.4 Å². The predicted molar refractivity (Wildman–Crippen MR) is 90.3 cm³/mol. The topological polar surface area (TPSA) is 54.6 Å². The van der Waals surface area contributed by atoms with Crippen molar-refractivity contribution in [1.29, 1.82) is 0 Å². The fourth-order valence-electron chi connectivity index (χ4n) is 3.76. The summed E-state index contributed by atoms with van der Waals surface area (Å²) in [5.41, 5.74) is 1.42. The van der Waals surface area contributed by atoms with Crippen LogP contribution in [0.15, 0.2) is 12.1 Å². The summed E-state index contributed by atoms with van der Waals surface area (Å²) in [4.78, 5) is 0. The van der Waals surface area contributed by atoms with Gasteiger partial charge in [0, 0.05) is 25.9 Å². The number of benzene rings is 1. The van der Waals surface area contributed by atoms with E-state index in [1.54, 1.807) is 13.0 Å². The zero-order valence-electron chi connectivity index (χ0n) is 15.9. The molecule has 0 spiro atoms. The van der Waals surface area contributed by atoms with E-state index in [1.807, 2.05) is 0 Å². The standard InChI is InChI=1S/C17H19F4N.C2H3F3O2.Ir/c1-10-8-11(2-5-14(10)18)15-6-3-12-9-13(17(19,20)21)4-7-16(12)22-15;3-2(4,5)1(6)7;/h5,8,12-13,15-16H,3-4,6-7,9H2,1H3;1,6-7H;/q-2;;. The molecule has 175 valence electrons. The summed E-state index contributed by atoms with van der Waals surface area (Å²) in [7, 11) is 0. The molecule has 2 N–H and O–H groups in total. The molecule has 4 unspecified atom stereocenters. The second kappa shape index (κ2) is 10.7. The van der Waals surface area contributed by atoms with Crippen LogP contribution in [0, 0.1) is 30.6 Å². The summed E-state index contributed by atoms with van der Waals surface area (Å²) < 4.78 is 83.9. The molecule has 30 heavy (non-hydrogen) atoms. The van der Waals surface area contributed by atoms with Crippen molar-refractivity contribution >= 4 is 0 Å². The van der Waals surface area contributed by atoms with E-state index in [0.29, 0.717) is 12.0 Å². The van der Waals surface area contributed by atoms with Crippen LogP contribution < -0.4 is 0 Å². The van der Waals surface area contributed by atoms with Crippen LogP contribution in [-0.4, -0.2) is 34.9 Å². The summed E-state index contributed by atoms with van der Waals surface area (Å²) in [5, 5.41) is 19.4. The number of hydrogen-bond acceptors (Lipinski definition) is 2. The van der Waals surface area contributed by atoms with Gasteiger partial charge >= 0.3 is 12.4 Å². The average molecular weight is 622 g/mol. The van der Waals surface area contributed by atoms with Crippen LogP contribution in [0.3, 0.4) is 0 Å². The fraction of sp³-hybridized carbons (Fsp3) is 0.684. The Morgan fingerprint density at radius 1 is 1.07 bits per heavy atom. The first kappa shape index (κ1) is 27.3. The van der Waals surface area contributed by atoms with Gasteiger partial charge in [0.25, 0.3) is 6.29 Å². The third-order valence-electron chi connectivity index (χ3n) is 5.35. The molecule has 1 aliphatic heterocycles. The van der Waals surface area contributed by atoms with E-state index in [4.69, 9.17) is 15.5 Å². The normalized spacial score (nSPS) is 26.9. The summed E-state index contributed by atoms with van der Waals surface area (Å²) in [6, 6.07) is 5.97. The smallest absolute Gasteiger partial charge is 0.439 e. The van der Waals surface area contributed by atoms with Crippen LogP contribution in [0.5, 0.6) is 0 Å². The van der Waals surface area contributed by atoms with E-state index < -0.39 is 24.6 Å². The molecule has 1 aromatic rings. The quantitative estimate of drug-likeness (QED) is 0.253. The van der Waals surface area contributed by atoms with Crippen molar-refractivity contribution in [2.24, 2.45) is 11.8 Å². The van der Waals surface area contributed by atoms with E-state index >= 15 is 0 Å². The van der Waals surface area contributed by atoms with E-state index in [2.05, 4.69) is 6.07 Å². The monoisotopic (exact) mass is 622 g/mol. The van der Waals surface area contributed by atoms with Gasteiger partial charge in [-0.2, -0.15) is 44.0 Å². The second-order valence-corrected chi connectivity index (χ2v) is 7.46. The molecule has 1 saturated carbocycles. The summed E-state index contributed by atoms with van der Waals surface area (Å²) >= 11 is 0. The average Bonchev–Trinajstić information content (AvgIpc) is 2.62. The Labute approximate surface area is 183 Å². The minimum atomic E-state index is -4.89. The zero-order valence-corrected chi connectivity index (χ0v) is 18.3. The number of aliphatic hydroxyl groups is 2. The largest absolute Gasteiger partial charge is 0.654 e. The molecule has 2 fully saturated rings. The third-order valence-corrected chi connectivity index (χ3v) is 5.35. The van der Waals surface area contributed by atoms with Gasteiger partial charge in [-0.05, 0) is 12.8 Å². The zero-order chi connectivity index (χ0) is 22.0. The number of nitrogens with zero attached hydrogens (tertiary/aromatic N) is 1. The van der Waals surface area contributed by atoms with Crippen LogP contribution in [0.1, 0.15) is 49.3 Å². The van der Waals surface area contributed by atoms with Crippen molar-refractivity contribution in [3.63, 3.8) is 0 Å². The Balaban J connectivity index is 0.000000489. The number of fused-ring (bicyclic) bond motifs is 1. The molecule has 2 aliphatic rings. The maximum absolute atomic E-state index is 13.3. The first-order chi connectivity index (χ1) is 13.3. The first-order valence-electron chi connectivity index (χ1n) is 9.16. The molecule has 1 saturated heterocycles. The van der Waals surface area contributed by atoms with Gasteiger partial charge in [0.2, 0.25) is 0 Å². The van der Waals surface area contributed by atoms with E-state index in [-0.39, 0.29) is 56.8 Å². The number of piperidine rings is 1. The molecule has 1 radical (unpaired) electrons. The van der Waals surface area contributed by atoms with Crippen LogP contribution in [0.4, 0.5) is 30.7 Å². The minimum absolute atomic E-state index is 0. The molecule has 4 atom stereocenters. The number of hydrogen-bond donors (Lipinski definition) is 2. The second-order valence-electron chi connectivity index (χ2n) is 7.46. The molecule has 3 rings (SSSR count). The van der Waals surface area contributed by atoms with Crippen LogP contribution in [0.25, 0.3) is 5.32 Å². The van der Waals surface area contributed by atoms with Crippen molar-refractivity contribution in [3.05, 3.63) is 40.5 Å². The van der Waals surface area contributed by atoms with Gasteiger partial charge < -0.3 is 15.5 Å². The van der Waals surface area contributed by atoms with Crippen molar-refractivity contribution < 1.29 is 61.1 Å². The van der Waals surface area contributed by atoms with E-state index in [9.17, 15) is 30.7 Å². The van der Waals surface area contributed by atoms with Crippen LogP contribution in [-0.2, 0) is 20.1 Å². The van der Waals surface area contributed by atoms with Gasteiger partial charge in [0.15, 0.2) is 0 Å². The third kappa shape index (κ3) is 7.44.